The van der Waals surface area contributed by atoms with Crippen molar-refractivity contribution in [2.45, 2.75) is 110 Å². The molecule has 0 aliphatic rings. The van der Waals surface area contributed by atoms with Crippen molar-refractivity contribution in [3.63, 3.8) is 0 Å². The van der Waals surface area contributed by atoms with E-state index in [-0.39, 0.29) is 15.0 Å². The van der Waals surface area contributed by atoms with Gasteiger partial charge in [-0.3, -0.25) is 14.9 Å². The number of benzene rings is 1. The van der Waals surface area contributed by atoms with E-state index in [1.807, 2.05) is 0 Å². The highest BCUT2D eigenvalue weighted by Gasteiger charge is 2.16. The highest BCUT2D eigenvalue weighted by atomic mass is 127. The van der Waals surface area contributed by atoms with Gasteiger partial charge in [-0.15, -0.1) is 0 Å². The highest BCUT2D eigenvalue weighted by molar-refractivity contribution is 14.2. The summed E-state index contributed by atoms with van der Waals surface area (Å²) in [7, 11) is 0. The molecule has 2 amide bonds. The molecule has 0 fully saturated rings. The van der Waals surface area contributed by atoms with E-state index in [2.05, 4.69) is 12.2 Å². The van der Waals surface area contributed by atoms with Crippen LogP contribution in [0, 0.1) is 3.57 Å². The molecule has 1 aromatic carbocycles. The van der Waals surface area contributed by atoms with Crippen LogP contribution in [0.2, 0.25) is 0 Å². The molecule has 1 aromatic rings. The zero-order valence-electron chi connectivity index (χ0n) is 19.1. The lowest BCUT2D eigenvalue weighted by molar-refractivity contribution is -0.120. The first-order valence-electron chi connectivity index (χ1n) is 12.0. The Bertz CT molecular complexity index is 707. The van der Waals surface area contributed by atoms with Crippen molar-refractivity contribution in [1.82, 2.24) is 5.32 Å². The lowest BCUT2D eigenvalue weighted by atomic mass is 10.0. The normalized spacial score (nSPS) is 11.0. The molecule has 0 aliphatic heterocycles. The van der Waals surface area contributed by atoms with Crippen LogP contribution in [-0.2, 0) is 10.9 Å². The minimum atomic E-state index is -3.77. The first kappa shape index (κ1) is 27.7. The van der Waals surface area contributed by atoms with Crippen molar-refractivity contribution in [2.75, 3.05) is 0 Å². The molecule has 1 rings (SSSR count). The fourth-order valence-corrected chi connectivity index (χ4v) is 5.09. The Morgan fingerprint density at radius 2 is 1.16 bits per heavy atom. The van der Waals surface area contributed by atoms with Gasteiger partial charge in [-0.05, 0) is 18.6 Å². The van der Waals surface area contributed by atoms with Gasteiger partial charge in [-0.1, -0.05) is 109 Å². The van der Waals surface area contributed by atoms with Crippen LogP contribution in [0.1, 0.15) is 120 Å². The molecule has 31 heavy (non-hydrogen) atoms. The summed E-state index contributed by atoms with van der Waals surface area (Å²) in [5.74, 6) is -0.970. The first-order valence-corrected chi connectivity index (χ1v) is 14.9. The number of amides is 2. The molecular formula is C25H40INO4. The van der Waals surface area contributed by atoms with Crippen LogP contribution in [-0.4, -0.2) is 11.8 Å². The van der Waals surface area contributed by atoms with E-state index in [9.17, 15) is 15.7 Å². The predicted octanol–water partition coefficient (Wildman–Crippen LogP) is 7.57. The molecule has 0 heterocycles. The number of rotatable bonds is 18. The molecule has 0 atom stereocenters. The summed E-state index contributed by atoms with van der Waals surface area (Å²) in [6.07, 6.45) is 19.2. The van der Waals surface area contributed by atoms with Crippen molar-refractivity contribution in [2.24, 2.45) is 0 Å². The molecule has 0 aromatic heterocycles. The van der Waals surface area contributed by atoms with Crippen molar-refractivity contribution in [3.05, 3.63) is 33.4 Å². The van der Waals surface area contributed by atoms with Gasteiger partial charge in [0.2, 0.25) is 5.91 Å². The van der Waals surface area contributed by atoms with E-state index in [4.69, 9.17) is 0 Å². The first-order chi connectivity index (χ1) is 15.1. The topological polar surface area (TPSA) is 80.3 Å². The third-order valence-corrected chi connectivity index (χ3v) is 7.43. The Labute approximate surface area is 195 Å². The van der Waals surface area contributed by atoms with Gasteiger partial charge >= 0.3 is 19.8 Å². The zero-order chi connectivity index (χ0) is 22.7. The van der Waals surface area contributed by atoms with Crippen LogP contribution >= 0.6 is 19.8 Å². The van der Waals surface area contributed by atoms with Crippen molar-refractivity contribution < 1.29 is 15.7 Å². The highest BCUT2D eigenvalue weighted by Crippen LogP contribution is 2.21. The van der Waals surface area contributed by atoms with E-state index in [0.717, 1.165) is 19.3 Å². The summed E-state index contributed by atoms with van der Waals surface area (Å²) in [6.45, 7) is 2.26. The van der Waals surface area contributed by atoms with Crippen LogP contribution in [0.5, 0.6) is 0 Å². The van der Waals surface area contributed by atoms with E-state index in [0.29, 0.717) is 6.42 Å². The maximum absolute atomic E-state index is 12.2. The average molecular weight is 546 g/mol. The Hall–Kier alpha value is -1.31. The largest absolute Gasteiger partial charge is 0.341 e. The maximum atomic E-state index is 12.2. The van der Waals surface area contributed by atoms with Gasteiger partial charge < -0.3 is 0 Å². The standard InChI is InChI=1S/C25H40INO4/c1-2-3-4-5-6-7-8-9-10-11-12-13-14-15-16-21-24(28)27-25(29)22-19-17-18-20-23(22)26(30)31/h17-20H,2-16,21H2,1H3,(H,27,28,29). The molecular weight excluding hydrogens is 505 g/mol. The van der Waals surface area contributed by atoms with Crippen LogP contribution in [0.3, 0.4) is 0 Å². The lowest BCUT2D eigenvalue weighted by Gasteiger charge is -2.06. The van der Waals surface area contributed by atoms with E-state index in [1.54, 1.807) is 12.1 Å². The number of hydrogen-bond acceptors (Lipinski definition) is 4. The molecule has 0 radical (unpaired) electrons. The molecule has 6 heteroatoms. The number of halogens is 1. The summed E-state index contributed by atoms with van der Waals surface area (Å²) in [4.78, 5) is 24.1. The minimum Gasteiger partial charge on any atom is -0.292 e. The number of nitrogens with one attached hydrogen (secondary N) is 1. The molecule has 0 saturated carbocycles. The van der Waals surface area contributed by atoms with Crippen LogP contribution in [0.15, 0.2) is 24.3 Å². The molecule has 0 spiro atoms. The molecule has 0 unspecified atom stereocenters. The van der Waals surface area contributed by atoms with Crippen molar-refractivity contribution >= 4 is 31.6 Å². The number of carbonyl (C=O) groups is 2. The molecule has 176 valence electrons. The summed E-state index contributed by atoms with van der Waals surface area (Å²) >= 11 is -3.77. The van der Waals surface area contributed by atoms with Crippen molar-refractivity contribution in [1.29, 1.82) is 0 Å². The Morgan fingerprint density at radius 1 is 0.710 bits per heavy atom. The van der Waals surface area contributed by atoms with Gasteiger partial charge in [0.1, 0.15) is 0 Å². The number of unbranched alkanes of at least 4 members (excludes halogenated alkanes) is 14. The second-order valence-corrected chi connectivity index (χ2v) is 10.7. The zero-order valence-corrected chi connectivity index (χ0v) is 21.3. The van der Waals surface area contributed by atoms with Gasteiger partial charge in [0, 0.05) is 6.42 Å². The summed E-state index contributed by atoms with van der Waals surface area (Å²) in [6, 6.07) is 6.01. The van der Waals surface area contributed by atoms with E-state index < -0.39 is 25.7 Å². The molecule has 0 aliphatic carbocycles. The van der Waals surface area contributed by atoms with Crippen LogP contribution in [0.4, 0.5) is 0 Å². The maximum Gasteiger partial charge on any atom is 0.341 e. The SMILES string of the molecule is CCCCCCCCCCCCCCCCCC(=O)NC(=O)c1ccccc1I(=O)=O. The predicted molar refractivity (Wildman–Crippen MR) is 133 cm³/mol. The van der Waals surface area contributed by atoms with Gasteiger partial charge in [-0.2, -0.15) is 0 Å². The number of imide groups is 1. The molecule has 0 saturated heterocycles. The fourth-order valence-electron chi connectivity index (χ4n) is 3.69. The third kappa shape index (κ3) is 13.7. The number of hydrogen-bond donors (Lipinski definition) is 1. The second-order valence-electron chi connectivity index (χ2n) is 8.27. The second kappa shape index (κ2) is 18.3. The molecule has 0 bridgehead atoms. The van der Waals surface area contributed by atoms with E-state index in [1.165, 1.54) is 89.2 Å². The third-order valence-electron chi connectivity index (χ3n) is 5.55. The number of carbonyl (C=O) groups excluding carboxylic acids is 2. The van der Waals surface area contributed by atoms with Crippen molar-refractivity contribution in [3.8, 4) is 0 Å². The van der Waals surface area contributed by atoms with Gasteiger partial charge in [-0.25, -0.2) is 6.14 Å². The molecule has 5 nitrogen and oxygen atoms in total. The van der Waals surface area contributed by atoms with Gasteiger partial charge in [0.15, 0.2) is 0 Å². The quantitative estimate of drug-likeness (QED) is 0.152. The monoisotopic (exact) mass is 545 g/mol. The smallest absolute Gasteiger partial charge is 0.292 e. The summed E-state index contributed by atoms with van der Waals surface area (Å²) in [5, 5.41) is 2.31. The van der Waals surface area contributed by atoms with E-state index >= 15 is 0 Å². The summed E-state index contributed by atoms with van der Waals surface area (Å²) in [5.41, 5.74) is 0.0579. The van der Waals surface area contributed by atoms with Crippen LogP contribution < -0.4 is 5.32 Å². The fraction of sp³-hybridized carbons (Fsp3) is 0.680. The Morgan fingerprint density at radius 3 is 1.65 bits per heavy atom. The van der Waals surface area contributed by atoms with Gasteiger partial charge in [0.05, 0.1) is 9.13 Å². The molecule has 1 N–H and O–H groups in total. The van der Waals surface area contributed by atoms with Crippen LogP contribution in [0.25, 0.3) is 0 Å². The minimum absolute atomic E-state index is 0.0315. The van der Waals surface area contributed by atoms with Gasteiger partial charge in [0.25, 0.3) is 5.91 Å². The average Bonchev–Trinajstić information content (AvgIpc) is 2.76. The lowest BCUT2D eigenvalue weighted by Crippen LogP contribution is -2.30. The Kier molecular flexibility index (Phi) is 16.3. The summed E-state index contributed by atoms with van der Waals surface area (Å²) < 4.78 is 22.6. The Balaban J connectivity index is 1.99.